The van der Waals surface area contributed by atoms with Gasteiger partial charge in [0, 0.05) is 32.4 Å². The van der Waals surface area contributed by atoms with Gasteiger partial charge in [-0.25, -0.2) is 4.98 Å². The molecule has 3 heterocycles. The molecule has 7 heteroatoms. The fourth-order valence-electron chi connectivity index (χ4n) is 3.51. The molecule has 7 nitrogen and oxygen atoms in total. The van der Waals surface area contributed by atoms with E-state index in [1.807, 2.05) is 12.3 Å². The molecule has 0 spiro atoms. The van der Waals surface area contributed by atoms with Crippen LogP contribution in [0.15, 0.2) is 24.4 Å². The van der Waals surface area contributed by atoms with Gasteiger partial charge in [0.05, 0.1) is 27.4 Å². The zero-order chi connectivity index (χ0) is 17.9. The molecule has 138 valence electrons. The fourth-order valence-corrected chi connectivity index (χ4v) is 3.51. The van der Waals surface area contributed by atoms with Crippen molar-refractivity contribution >= 4 is 11.8 Å². The van der Waals surface area contributed by atoms with Crippen LogP contribution in [0.2, 0.25) is 0 Å². The third-order valence-corrected chi connectivity index (χ3v) is 4.96. The Balaban J connectivity index is 1.57. The fraction of sp³-hybridized carbons (Fsp3) is 0.474. The molecule has 2 aliphatic heterocycles. The standard InChI is InChI=1S/C19H24N4O3/c1-24-16-11-14-4-6-23(13-15(14)12-17(16)25-2)19-20-5-3-18(21-19)22-7-9-26-10-8-22/h3,5,11-12H,4,6-10,13H2,1-2H3. The van der Waals surface area contributed by atoms with Gasteiger partial charge in [-0.05, 0) is 35.7 Å². The average Bonchev–Trinajstić information content (AvgIpc) is 2.73. The molecule has 1 aromatic carbocycles. The Labute approximate surface area is 153 Å². The van der Waals surface area contributed by atoms with Gasteiger partial charge in [0.2, 0.25) is 5.95 Å². The summed E-state index contributed by atoms with van der Waals surface area (Å²) in [4.78, 5) is 13.8. The van der Waals surface area contributed by atoms with Crippen molar-refractivity contribution in [1.29, 1.82) is 0 Å². The molecule has 0 amide bonds. The van der Waals surface area contributed by atoms with Crippen LogP contribution in [0.1, 0.15) is 11.1 Å². The van der Waals surface area contributed by atoms with Gasteiger partial charge in [0.15, 0.2) is 11.5 Å². The van der Waals surface area contributed by atoms with E-state index in [9.17, 15) is 0 Å². The average molecular weight is 356 g/mol. The highest BCUT2D eigenvalue weighted by Gasteiger charge is 2.22. The van der Waals surface area contributed by atoms with Crippen LogP contribution < -0.4 is 19.3 Å². The summed E-state index contributed by atoms with van der Waals surface area (Å²) >= 11 is 0. The largest absolute Gasteiger partial charge is 0.493 e. The predicted octanol–water partition coefficient (Wildman–Crippen LogP) is 1.89. The topological polar surface area (TPSA) is 60.0 Å². The van der Waals surface area contributed by atoms with Gasteiger partial charge in [-0.3, -0.25) is 0 Å². The zero-order valence-corrected chi connectivity index (χ0v) is 15.3. The molecule has 1 saturated heterocycles. The van der Waals surface area contributed by atoms with Gasteiger partial charge in [-0.1, -0.05) is 0 Å². The lowest BCUT2D eigenvalue weighted by Gasteiger charge is -2.31. The van der Waals surface area contributed by atoms with E-state index >= 15 is 0 Å². The van der Waals surface area contributed by atoms with E-state index in [0.29, 0.717) is 0 Å². The van der Waals surface area contributed by atoms with E-state index in [-0.39, 0.29) is 0 Å². The molecule has 0 N–H and O–H groups in total. The molecule has 0 unspecified atom stereocenters. The molecule has 0 saturated carbocycles. The summed E-state index contributed by atoms with van der Waals surface area (Å²) in [5, 5.41) is 0. The number of benzene rings is 1. The highest BCUT2D eigenvalue weighted by molar-refractivity contribution is 5.51. The van der Waals surface area contributed by atoms with Crippen LogP contribution in [-0.2, 0) is 17.7 Å². The molecule has 2 aromatic rings. The van der Waals surface area contributed by atoms with Crippen molar-refractivity contribution in [3.05, 3.63) is 35.5 Å². The van der Waals surface area contributed by atoms with Gasteiger partial charge in [0.25, 0.3) is 0 Å². The maximum Gasteiger partial charge on any atom is 0.227 e. The highest BCUT2D eigenvalue weighted by Crippen LogP contribution is 2.34. The molecule has 0 bridgehead atoms. The first-order chi connectivity index (χ1) is 12.8. The Hall–Kier alpha value is -2.54. The van der Waals surface area contributed by atoms with Crippen LogP contribution in [0.25, 0.3) is 0 Å². The summed E-state index contributed by atoms with van der Waals surface area (Å²) in [7, 11) is 3.34. The molecule has 26 heavy (non-hydrogen) atoms. The van der Waals surface area contributed by atoms with Crippen LogP contribution in [0, 0.1) is 0 Å². The lowest BCUT2D eigenvalue weighted by Crippen LogP contribution is -2.37. The number of hydrogen-bond acceptors (Lipinski definition) is 7. The molecule has 0 atom stereocenters. The third-order valence-electron chi connectivity index (χ3n) is 4.96. The van der Waals surface area contributed by atoms with Crippen molar-refractivity contribution in [3.8, 4) is 11.5 Å². The number of hydrogen-bond donors (Lipinski definition) is 0. The maximum absolute atomic E-state index is 5.45. The first kappa shape index (κ1) is 16.9. The Kier molecular flexibility index (Phi) is 4.79. The molecule has 4 rings (SSSR count). The summed E-state index contributed by atoms with van der Waals surface area (Å²) < 4.78 is 16.3. The summed E-state index contributed by atoms with van der Waals surface area (Å²) in [5.41, 5.74) is 2.53. The molecule has 2 aliphatic rings. The number of anilines is 2. The lowest BCUT2D eigenvalue weighted by atomic mass is 9.99. The Morgan fingerprint density at radius 3 is 2.42 bits per heavy atom. The lowest BCUT2D eigenvalue weighted by molar-refractivity contribution is 0.122. The molecule has 1 aromatic heterocycles. The van der Waals surface area contributed by atoms with Crippen LogP contribution in [0.5, 0.6) is 11.5 Å². The molecule has 0 radical (unpaired) electrons. The van der Waals surface area contributed by atoms with Crippen molar-refractivity contribution in [1.82, 2.24) is 9.97 Å². The second kappa shape index (κ2) is 7.37. The molecule has 1 fully saturated rings. The summed E-state index contributed by atoms with van der Waals surface area (Å²) in [6.07, 6.45) is 2.78. The number of morpholine rings is 1. The van der Waals surface area contributed by atoms with Crippen molar-refractivity contribution in [2.24, 2.45) is 0 Å². The maximum atomic E-state index is 5.45. The van der Waals surface area contributed by atoms with E-state index in [0.717, 1.165) is 69.1 Å². The van der Waals surface area contributed by atoms with Crippen molar-refractivity contribution in [2.45, 2.75) is 13.0 Å². The summed E-state index contributed by atoms with van der Waals surface area (Å²) in [6, 6.07) is 6.11. The normalized spacial score (nSPS) is 17.0. The predicted molar refractivity (Wildman–Crippen MR) is 99.4 cm³/mol. The second-order valence-electron chi connectivity index (χ2n) is 6.46. The smallest absolute Gasteiger partial charge is 0.227 e. The Bertz CT molecular complexity index is 777. The molecular weight excluding hydrogens is 332 g/mol. The molecule has 0 aliphatic carbocycles. The van der Waals surface area contributed by atoms with E-state index in [4.69, 9.17) is 19.2 Å². The number of ether oxygens (including phenoxy) is 3. The number of nitrogens with zero attached hydrogens (tertiary/aromatic N) is 4. The summed E-state index contributed by atoms with van der Waals surface area (Å²) in [5.74, 6) is 3.28. The second-order valence-corrected chi connectivity index (χ2v) is 6.46. The highest BCUT2D eigenvalue weighted by atomic mass is 16.5. The Morgan fingerprint density at radius 2 is 1.69 bits per heavy atom. The minimum absolute atomic E-state index is 0.748. The van der Waals surface area contributed by atoms with Crippen molar-refractivity contribution < 1.29 is 14.2 Å². The summed E-state index contributed by atoms with van der Waals surface area (Å²) in [6.45, 7) is 4.89. The van der Waals surface area contributed by atoms with E-state index in [1.165, 1.54) is 11.1 Å². The van der Waals surface area contributed by atoms with E-state index < -0.39 is 0 Å². The van der Waals surface area contributed by atoms with Gasteiger partial charge in [-0.2, -0.15) is 4.98 Å². The number of methoxy groups -OCH3 is 2. The minimum atomic E-state index is 0.748. The van der Waals surface area contributed by atoms with Crippen molar-refractivity contribution in [2.75, 3.05) is 56.9 Å². The Morgan fingerprint density at radius 1 is 0.962 bits per heavy atom. The first-order valence-electron chi connectivity index (χ1n) is 8.93. The van der Waals surface area contributed by atoms with E-state index in [1.54, 1.807) is 14.2 Å². The van der Waals surface area contributed by atoms with Crippen LogP contribution in [0.3, 0.4) is 0 Å². The van der Waals surface area contributed by atoms with Crippen LogP contribution in [0.4, 0.5) is 11.8 Å². The zero-order valence-electron chi connectivity index (χ0n) is 15.3. The quantitative estimate of drug-likeness (QED) is 0.829. The molecular formula is C19H24N4O3. The SMILES string of the molecule is COc1cc2c(cc1OC)CN(c1nccc(N3CCOCC3)n1)CC2. The van der Waals surface area contributed by atoms with Crippen LogP contribution in [-0.4, -0.2) is 57.0 Å². The number of aromatic nitrogens is 2. The number of rotatable bonds is 4. The third kappa shape index (κ3) is 3.26. The minimum Gasteiger partial charge on any atom is -0.493 e. The van der Waals surface area contributed by atoms with Gasteiger partial charge < -0.3 is 24.0 Å². The van der Waals surface area contributed by atoms with Gasteiger partial charge in [-0.15, -0.1) is 0 Å². The first-order valence-corrected chi connectivity index (χ1v) is 8.93. The number of fused-ring (bicyclic) bond motifs is 1. The monoisotopic (exact) mass is 356 g/mol. The van der Waals surface area contributed by atoms with Crippen LogP contribution >= 0.6 is 0 Å². The van der Waals surface area contributed by atoms with E-state index in [2.05, 4.69) is 26.9 Å². The van der Waals surface area contributed by atoms with Gasteiger partial charge in [0.1, 0.15) is 5.82 Å². The van der Waals surface area contributed by atoms with Crippen molar-refractivity contribution in [3.63, 3.8) is 0 Å². The van der Waals surface area contributed by atoms with Gasteiger partial charge >= 0.3 is 0 Å².